The molecule has 3 rings (SSSR count). The standard InChI is InChI=1S/C23H28N4O7S/c1-32-19-11-10-16(14-20(19)33-2)26-22(28)17(8-5-6-12-25-35(24,30)31)27-23(29)21-13-15-7-3-4-9-18(15)34-21/h3-4,7,9-11,13-14,17,25H,5-6,8,12H2,1-2H3,(H,26,28)(H,27,29)(H2,24,30,31)/t17-/m0/s1. The third kappa shape index (κ3) is 7.44. The number of hydrogen-bond acceptors (Lipinski definition) is 7. The van der Waals surface area contributed by atoms with Crippen molar-refractivity contribution in [1.29, 1.82) is 0 Å². The first-order valence-corrected chi connectivity index (χ1v) is 12.3. The van der Waals surface area contributed by atoms with Crippen molar-refractivity contribution in [2.24, 2.45) is 5.14 Å². The number of furan rings is 1. The van der Waals surface area contributed by atoms with E-state index in [1.807, 2.05) is 12.1 Å². The molecule has 3 aromatic rings. The van der Waals surface area contributed by atoms with Crippen LogP contribution in [-0.2, 0) is 15.0 Å². The van der Waals surface area contributed by atoms with Gasteiger partial charge in [-0.1, -0.05) is 18.2 Å². The van der Waals surface area contributed by atoms with Gasteiger partial charge in [-0.05, 0) is 43.5 Å². The number of carbonyl (C=O) groups excluding carboxylic acids is 2. The van der Waals surface area contributed by atoms with Crippen molar-refractivity contribution in [3.63, 3.8) is 0 Å². The Morgan fingerprint density at radius 3 is 2.46 bits per heavy atom. The lowest BCUT2D eigenvalue weighted by atomic mass is 10.1. The van der Waals surface area contributed by atoms with Crippen LogP contribution in [-0.4, -0.2) is 47.0 Å². The fourth-order valence-electron chi connectivity index (χ4n) is 3.42. The van der Waals surface area contributed by atoms with Crippen LogP contribution in [0.2, 0.25) is 0 Å². The van der Waals surface area contributed by atoms with Gasteiger partial charge in [0.05, 0.1) is 14.2 Å². The number of ether oxygens (including phenoxy) is 2. The average molecular weight is 505 g/mol. The third-order valence-electron chi connectivity index (χ3n) is 5.15. The summed E-state index contributed by atoms with van der Waals surface area (Å²) in [5.41, 5.74) is 1.00. The predicted octanol–water partition coefficient (Wildman–Crippen LogP) is 2.15. The molecule has 0 aliphatic rings. The molecule has 35 heavy (non-hydrogen) atoms. The number of carbonyl (C=O) groups is 2. The van der Waals surface area contributed by atoms with Gasteiger partial charge in [0.15, 0.2) is 17.3 Å². The fourth-order valence-corrected chi connectivity index (χ4v) is 3.85. The van der Waals surface area contributed by atoms with Crippen LogP contribution in [0.3, 0.4) is 0 Å². The Bertz CT molecular complexity index is 1260. The van der Waals surface area contributed by atoms with E-state index in [9.17, 15) is 18.0 Å². The van der Waals surface area contributed by atoms with Crippen molar-refractivity contribution < 1.29 is 31.9 Å². The summed E-state index contributed by atoms with van der Waals surface area (Å²) in [6.07, 6.45) is 1.10. The topological polar surface area (TPSA) is 162 Å². The first-order valence-electron chi connectivity index (χ1n) is 10.8. The number of fused-ring (bicyclic) bond motifs is 1. The van der Waals surface area contributed by atoms with Crippen molar-refractivity contribution in [2.45, 2.75) is 25.3 Å². The largest absolute Gasteiger partial charge is 0.493 e. The molecule has 0 aliphatic carbocycles. The van der Waals surface area contributed by atoms with Gasteiger partial charge in [-0.3, -0.25) is 9.59 Å². The van der Waals surface area contributed by atoms with Crippen molar-refractivity contribution >= 4 is 38.7 Å². The number of amides is 2. The Morgan fingerprint density at radius 2 is 1.77 bits per heavy atom. The maximum Gasteiger partial charge on any atom is 0.287 e. The zero-order chi connectivity index (χ0) is 25.4. The summed E-state index contributed by atoms with van der Waals surface area (Å²) in [6.45, 7) is 0.111. The van der Waals surface area contributed by atoms with E-state index in [0.29, 0.717) is 35.6 Å². The highest BCUT2D eigenvalue weighted by molar-refractivity contribution is 7.87. The van der Waals surface area contributed by atoms with Crippen LogP contribution >= 0.6 is 0 Å². The number of nitrogens with two attached hydrogens (primary N) is 1. The van der Waals surface area contributed by atoms with Crippen LogP contribution in [0.1, 0.15) is 29.8 Å². The first-order chi connectivity index (χ1) is 16.7. The predicted molar refractivity (Wildman–Crippen MR) is 131 cm³/mol. The van der Waals surface area contributed by atoms with Crippen LogP contribution in [0.15, 0.2) is 52.9 Å². The average Bonchev–Trinajstić information content (AvgIpc) is 3.26. The van der Waals surface area contributed by atoms with E-state index in [1.54, 1.807) is 36.4 Å². The zero-order valence-electron chi connectivity index (χ0n) is 19.4. The van der Waals surface area contributed by atoms with Gasteiger partial charge >= 0.3 is 0 Å². The molecule has 0 radical (unpaired) electrons. The highest BCUT2D eigenvalue weighted by Crippen LogP contribution is 2.30. The van der Waals surface area contributed by atoms with Gasteiger partial charge in [0.2, 0.25) is 5.91 Å². The summed E-state index contributed by atoms with van der Waals surface area (Å²) in [7, 11) is -0.810. The molecule has 2 amide bonds. The summed E-state index contributed by atoms with van der Waals surface area (Å²) in [6, 6.07) is 12.8. The fraction of sp³-hybridized carbons (Fsp3) is 0.304. The number of nitrogens with one attached hydrogen (secondary N) is 3. The number of rotatable bonds is 12. The summed E-state index contributed by atoms with van der Waals surface area (Å²) >= 11 is 0. The maximum atomic E-state index is 13.1. The van der Waals surface area contributed by atoms with Gasteiger partial charge in [0, 0.05) is 23.7 Å². The molecule has 0 bridgehead atoms. The second-order valence-corrected chi connectivity index (χ2v) is 9.05. The molecule has 1 heterocycles. The lowest BCUT2D eigenvalue weighted by molar-refractivity contribution is -0.118. The van der Waals surface area contributed by atoms with Crippen molar-refractivity contribution in [2.75, 3.05) is 26.1 Å². The quantitative estimate of drug-likeness (QED) is 0.275. The monoisotopic (exact) mass is 504 g/mol. The molecule has 0 saturated heterocycles. The number of benzene rings is 2. The van der Waals surface area contributed by atoms with Gasteiger partial charge in [-0.25, -0.2) is 9.86 Å². The number of anilines is 1. The Labute approximate surface area is 203 Å². The summed E-state index contributed by atoms with van der Waals surface area (Å²) in [5.74, 6) is 0.00763. The van der Waals surface area contributed by atoms with Gasteiger partial charge in [0.25, 0.3) is 16.1 Å². The second kappa shape index (κ2) is 11.7. The lowest BCUT2D eigenvalue weighted by Crippen LogP contribution is -2.43. The molecule has 1 aromatic heterocycles. The van der Waals surface area contributed by atoms with Crippen LogP contribution in [0.4, 0.5) is 5.69 Å². The molecular weight excluding hydrogens is 476 g/mol. The molecule has 0 spiro atoms. The van der Waals surface area contributed by atoms with Gasteiger partial charge in [-0.15, -0.1) is 0 Å². The van der Waals surface area contributed by atoms with E-state index in [0.717, 1.165) is 5.39 Å². The molecule has 2 aromatic carbocycles. The summed E-state index contributed by atoms with van der Waals surface area (Å²) in [5, 5.41) is 11.2. The summed E-state index contributed by atoms with van der Waals surface area (Å²) in [4.78, 5) is 25.9. The highest BCUT2D eigenvalue weighted by atomic mass is 32.2. The zero-order valence-corrected chi connectivity index (χ0v) is 20.2. The molecule has 1 atom stereocenters. The Balaban J connectivity index is 1.71. The number of methoxy groups -OCH3 is 2. The number of unbranched alkanes of at least 4 members (excludes halogenated alkanes) is 1. The molecule has 0 fully saturated rings. The summed E-state index contributed by atoms with van der Waals surface area (Å²) < 4.78 is 40.3. The molecule has 0 aliphatic heterocycles. The van der Waals surface area contributed by atoms with Crippen LogP contribution in [0, 0.1) is 0 Å². The van der Waals surface area contributed by atoms with Crippen molar-refractivity contribution in [1.82, 2.24) is 10.0 Å². The highest BCUT2D eigenvalue weighted by Gasteiger charge is 2.23. The third-order valence-corrected chi connectivity index (χ3v) is 5.75. The SMILES string of the molecule is COc1ccc(NC(=O)[C@H](CCCCNS(N)(=O)=O)NC(=O)c2cc3ccccc3o2)cc1OC. The van der Waals surface area contributed by atoms with Crippen LogP contribution in [0.5, 0.6) is 11.5 Å². The minimum atomic E-state index is -3.80. The van der Waals surface area contributed by atoms with E-state index in [1.165, 1.54) is 14.2 Å². The normalized spacial score (nSPS) is 12.2. The van der Waals surface area contributed by atoms with E-state index in [-0.39, 0.29) is 18.7 Å². The molecule has 0 saturated carbocycles. The number of para-hydroxylation sites is 1. The van der Waals surface area contributed by atoms with E-state index in [2.05, 4.69) is 15.4 Å². The van der Waals surface area contributed by atoms with E-state index < -0.39 is 28.1 Å². The minimum Gasteiger partial charge on any atom is -0.493 e. The minimum absolute atomic E-state index is 0.0750. The van der Waals surface area contributed by atoms with Crippen LogP contribution < -0.4 is 30.0 Å². The molecule has 188 valence electrons. The van der Waals surface area contributed by atoms with Crippen molar-refractivity contribution in [3.05, 3.63) is 54.3 Å². The Morgan fingerprint density at radius 1 is 1.03 bits per heavy atom. The first kappa shape index (κ1) is 26.0. The lowest BCUT2D eigenvalue weighted by Gasteiger charge is -2.18. The maximum absolute atomic E-state index is 13.1. The number of hydrogen-bond donors (Lipinski definition) is 4. The van der Waals surface area contributed by atoms with Crippen molar-refractivity contribution in [3.8, 4) is 11.5 Å². The Hall–Kier alpha value is -3.61. The smallest absolute Gasteiger partial charge is 0.287 e. The van der Waals surface area contributed by atoms with Gasteiger partial charge in [0.1, 0.15) is 11.6 Å². The van der Waals surface area contributed by atoms with Crippen LogP contribution in [0.25, 0.3) is 11.0 Å². The van der Waals surface area contributed by atoms with Gasteiger partial charge < -0.3 is 24.5 Å². The molecule has 11 nitrogen and oxygen atoms in total. The van der Waals surface area contributed by atoms with E-state index >= 15 is 0 Å². The Kier molecular flexibility index (Phi) is 8.68. The molecule has 12 heteroatoms. The molecule has 0 unspecified atom stereocenters. The second-order valence-electron chi connectivity index (χ2n) is 7.67. The van der Waals surface area contributed by atoms with Gasteiger partial charge in [-0.2, -0.15) is 8.42 Å². The molecular formula is C23H28N4O7S. The molecule has 5 N–H and O–H groups in total. The van der Waals surface area contributed by atoms with E-state index in [4.69, 9.17) is 19.0 Å².